The van der Waals surface area contributed by atoms with Gasteiger partial charge in [0.15, 0.2) is 5.78 Å². The van der Waals surface area contributed by atoms with Crippen LogP contribution in [0.3, 0.4) is 0 Å². The molecule has 0 heterocycles. The van der Waals surface area contributed by atoms with Crippen molar-refractivity contribution in [3.05, 3.63) is 23.8 Å². The zero-order valence-corrected chi connectivity index (χ0v) is 19.8. The molecule has 5 rings (SSSR count). The van der Waals surface area contributed by atoms with E-state index in [0.717, 1.165) is 56.3 Å². The molecule has 31 heavy (non-hydrogen) atoms. The molecule has 0 saturated heterocycles. The van der Waals surface area contributed by atoms with Crippen molar-refractivity contribution in [2.24, 2.45) is 34.5 Å². The molecule has 5 aliphatic rings. The molecule has 4 fully saturated rings. The lowest BCUT2D eigenvalue weighted by Gasteiger charge is -2.58. The van der Waals surface area contributed by atoms with Gasteiger partial charge in [0.2, 0.25) is 0 Å². The van der Waals surface area contributed by atoms with Crippen LogP contribution in [0.5, 0.6) is 0 Å². The van der Waals surface area contributed by atoms with Gasteiger partial charge in [0.05, 0.1) is 5.25 Å². The molecule has 5 heteroatoms. The van der Waals surface area contributed by atoms with Crippen molar-refractivity contribution in [1.29, 1.82) is 0 Å². The summed E-state index contributed by atoms with van der Waals surface area (Å²) in [6.07, 6.45) is 17.8. The zero-order chi connectivity index (χ0) is 21.8. The highest BCUT2D eigenvalue weighted by Crippen LogP contribution is 2.67. The van der Waals surface area contributed by atoms with Crippen molar-refractivity contribution in [1.82, 2.24) is 4.72 Å². The lowest BCUT2D eigenvalue weighted by Crippen LogP contribution is -2.50. The van der Waals surface area contributed by atoms with E-state index in [1.54, 1.807) is 6.08 Å². The smallest absolute Gasteiger partial charge is 0.255 e. The highest BCUT2D eigenvalue weighted by molar-refractivity contribution is 7.84. The van der Waals surface area contributed by atoms with Gasteiger partial charge in [-0.05, 0) is 111 Å². The second-order valence-corrected chi connectivity index (χ2v) is 12.9. The molecule has 7 unspecified atom stereocenters. The number of carbonyl (C=O) groups is 2. The Morgan fingerprint density at radius 1 is 1.10 bits per heavy atom. The van der Waals surface area contributed by atoms with Crippen LogP contribution in [0, 0.1) is 34.5 Å². The first-order valence-electron chi connectivity index (χ1n) is 12.4. The molecule has 7 atom stereocenters. The van der Waals surface area contributed by atoms with E-state index in [-0.39, 0.29) is 16.6 Å². The van der Waals surface area contributed by atoms with Gasteiger partial charge in [0, 0.05) is 6.42 Å². The van der Waals surface area contributed by atoms with Gasteiger partial charge in [-0.15, -0.1) is 0 Å². The van der Waals surface area contributed by atoms with Crippen molar-refractivity contribution in [3.8, 4) is 0 Å². The molecule has 170 valence electrons. The highest BCUT2D eigenvalue weighted by Gasteiger charge is 2.58. The fourth-order valence-corrected chi connectivity index (χ4v) is 8.89. The molecule has 4 nitrogen and oxygen atoms in total. The van der Waals surface area contributed by atoms with Gasteiger partial charge >= 0.3 is 0 Å². The van der Waals surface area contributed by atoms with Crippen molar-refractivity contribution in [3.63, 3.8) is 0 Å². The molecule has 0 aromatic rings. The van der Waals surface area contributed by atoms with E-state index in [4.69, 9.17) is 0 Å². The molecule has 0 aromatic carbocycles. The summed E-state index contributed by atoms with van der Waals surface area (Å²) in [4.78, 5) is 24.1. The minimum absolute atomic E-state index is 0.178. The SMILES string of the molecule is CC12CCC(=O)C=C1CCC1C2CCC2(C)C(C/C=C/C(=O)NS(=O)C3CC3)CCC12. The average Bonchev–Trinajstić information content (AvgIpc) is 3.52. The molecule has 5 aliphatic carbocycles. The Morgan fingerprint density at radius 3 is 2.68 bits per heavy atom. The molecule has 0 aliphatic heterocycles. The summed E-state index contributed by atoms with van der Waals surface area (Å²) in [7, 11) is -1.20. The third-order valence-electron chi connectivity index (χ3n) is 9.88. The minimum atomic E-state index is -1.20. The Morgan fingerprint density at radius 2 is 1.90 bits per heavy atom. The number of allylic oxidation sites excluding steroid dienone is 2. The Hall–Kier alpha value is -1.23. The summed E-state index contributed by atoms with van der Waals surface area (Å²) in [5.74, 6) is 3.05. The predicted molar refractivity (Wildman–Crippen MR) is 123 cm³/mol. The van der Waals surface area contributed by atoms with E-state index in [0.29, 0.717) is 17.1 Å². The van der Waals surface area contributed by atoms with Crippen LogP contribution in [0.25, 0.3) is 0 Å². The second-order valence-electron chi connectivity index (χ2n) is 11.4. The van der Waals surface area contributed by atoms with E-state index < -0.39 is 11.0 Å². The van der Waals surface area contributed by atoms with Gasteiger partial charge in [-0.1, -0.05) is 25.5 Å². The monoisotopic (exact) mass is 443 g/mol. The number of rotatable bonds is 5. The number of nitrogens with one attached hydrogen (secondary N) is 1. The van der Waals surface area contributed by atoms with E-state index in [1.165, 1.54) is 37.7 Å². The van der Waals surface area contributed by atoms with Crippen LogP contribution in [0.4, 0.5) is 0 Å². The zero-order valence-electron chi connectivity index (χ0n) is 19.0. The summed E-state index contributed by atoms with van der Waals surface area (Å²) in [6, 6.07) is 0. The first-order valence-corrected chi connectivity index (χ1v) is 13.6. The van der Waals surface area contributed by atoms with Gasteiger partial charge in [0.1, 0.15) is 11.0 Å². The number of hydrogen-bond donors (Lipinski definition) is 1. The van der Waals surface area contributed by atoms with Gasteiger partial charge in [-0.2, -0.15) is 0 Å². The Labute approximate surface area is 189 Å². The standard InChI is InChI=1S/C26H37NO3S/c1-25-15-13-23-21(10-6-18-16-19(28)12-14-26(18,23)2)22(25)11-7-17(25)4-3-5-24(29)27-31(30)20-8-9-20/h3,5,16-17,20-23H,4,6-15H2,1-2H3,(H,27,29)/b5-3+. The van der Waals surface area contributed by atoms with Gasteiger partial charge in [0.25, 0.3) is 5.91 Å². The van der Waals surface area contributed by atoms with Crippen LogP contribution in [0.15, 0.2) is 23.8 Å². The maximum absolute atomic E-state index is 12.1. The molecule has 0 aromatic heterocycles. The lowest BCUT2D eigenvalue weighted by atomic mass is 9.47. The van der Waals surface area contributed by atoms with Crippen LogP contribution in [0.1, 0.15) is 84.5 Å². The summed E-state index contributed by atoms with van der Waals surface area (Å²) in [5.41, 5.74) is 2.05. The van der Waals surface area contributed by atoms with Crippen LogP contribution >= 0.6 is 0 Å². The van der Waals surface area contributed by atoms with Crippen molar-refractivity contribution in [2.75, 3.05) is 0 Å². The first kappa shape index (κ1) is 21.6. The second kappa shape index (κ2) is 7.97. The maximum Gasteiger partial charge on any atom is 0.255 e. The molecule has 1 amide bonds. The van der Waals surface area contributed by atoms with Gasteiger partial charge in [-0.3, -0.25) is 14.3 Å². The van der Waals surface area contributed by atoms with E-state index >= 15 is 0 Å². The number of fused-ring (bicyclic) bond motifs is 5. The number of hydrogen-bond acceptors (Lipinski definition) is 3. The predicted octanol–water partition coefficient (Wildman–Crippen LogP) is 5.02. The van der Waals surface area contributed by atoms with Gasteiger partial charge < -0.3 is 0 Å². The third kappa shape index (κ3) is 3.79. The number of amides is 1. The van der Waals surface area contributed by atoms with E-state index in [9.17, 15) is 13.8 Å². The summed E-state index contributed by atoms with van der Waals surface area (Å²) in [6.45, 7) is 4.96. The largest absolute Gasteiger partial charge is 0.295 e. The molecular weight excluding hydrogens is 406 g/mol. The highest BCUT2D eigenvalue weighted by atomic mass is 32.2. The maximum atomic E-state index is 12.1. The average molecular weight is 444 g/mol. The quantitative estimate of drug-likeness (QED) is 0.607. The Bertz CT molecular complexity index is 859. The van der Waals surface area contributed by atoms with Crippen LogP contribution < -0.4 is 4.72 Å². The van der Waals surface area contributed by atoms with Crippen LogP contribution in [0.2, 0.25) is 0 Å². The third-order valence-corrected chi connectivity index (χ3v) is 11.4. The molecule has 1 N–H and O–H groups in total. The van der Waals surface area contributed by atoms with Crippen LogP contribution in [-0.4, -0.2) is 21.1 Å². The van der Waals surface area contributed by atoms with Gasteiger partial charge in [-0.25, -0.2) is 4.21 Å². The van der Waals surface area contributed by atoms with Crippen molar-refractivity contribution >= 4 is 22.7 Å². The summed E-state index contributed by atoms with van der Waals surface area (Å²) < 4.78 is 14.5. The van der Waals surface area contributed by atoms with Crippen molar-refractivity contribution in [2.45, 2.75) is 89.7 Å². The first-order chi connectivity index (χ1) is 14.8. The number of ketones is 1. The summed E-state index contributed by atoms with van der Waals surface area (Å²) in [5, 5.41) is 0.178. The van der Waals surface area contributed by atoms with E-state index in [2.05, 4.69) is 18.6 Å². The normalized spacial score (nSPS) is 43.0. The molecule has 0 radical (unpaired) electrons. The summed E-state index contributed by atoms with van der Waals surface area (Å²) >= 11 is 0. The molecule has 4 saturated carbocycles. The Balaban J connectivity index is 1.24. The lowest BCUT2D eigenvalue weighted by molar-refractivity contribution is -0.117. The molecule has 0 bridgehead atoms. The number of carbonyl (C=O) groups excluding carboxylic acids is 2. The van der Waals surface area contributed by atoms with Crippen molar-refractivity contribution < 1.29 is 13.8 Å². The Kier molecular flexibility index (Phi) is 5.55. The fraction of sp³-hybridized carbons (Fsp3) is 0.769. The van der Waals surface area contributed by atoms with Crippen LogP contribution in [-0.2, 0) is 20.6 Å². The molecular formula is C26H37NO3S. The molecule has 0 spiro atoms. The fourth-order valence-electron chi connectivity index (χ4n) is 7.89. The minimum Gasteiger partial charge on any atom is -0.295 e. The topological polar surface area (TPSA) is 63.2 Å². The van der Waals surface area contributed by atoms with E-state index in [1.807, 2.05) is 12.2 Å².